The number of aromatic nitrogens is 3. The van der Waals surface area contributed by atoms with Gasteiger partial charge in [0.25, 0.3) is 7.41 Å². The van der Waals surface area contributed by atoms with Crippen LogP contribution in [0.5, 0.6) is 0 Å². The predicted molar refractivity (Wildman–Crippen MR) is 53.8 cm³/mol. The molecular weight excluding hydrogens is 179 g/mol. The summed E-state index contributed by atoms with van der Waals surface area (Å²) in [5.41, 5.74) is 0.761. The Balaban J connectivity index is 2.46. The van der Waals surface area contributed by atoms with Crippen LogP contribution < -0.4 is 5.32 Å². The number of nitrogens with one attached hydrogen (secondary N) is 1. The largest absolute Gasteiger partial charge is 0.351 e. The van der Waals surface area contributed by atoms with Crippen LogP contribution in [0.3, 0.4) is 0 Å². The molecule has 1 heterocycles. The van der Waals surface area contributed by atoms with Crippen LogP contribution in [0.25, 0.3) is 0 Å². The molecule has 0 bridgehead atoms. The first kappa shape index (κ1) is 10.8. The van der Waals surface area contributed by atoms with Crippen molar-refractivity contribution >= 4 is 13.3 Å². The molecule has 1 aromatic heterocycles. The fraction of sp³-hybridized carbons (Fsp3) is 0.625. The average Bonchev–Trinajstić information content (AvgIpc) is 2.47. The van der Waals surface area contributed by atoms with Crippen molar-refractivity contribution in [1.82, 2.24) is 20.2 Å². The van der Waals surface area contributed by atoms with Crippen LogP contribution in [0.15, 0.2) is 6.20 Å². The van der Waals surface area contributed by atoms with E-state index in [1.54, 1.807) is 10.8 Å². The van der Waals surface area contributed by atoms with E-state index in [-0.39, 0.29) is 5.91 Å². The zero-order valence-electron chi connectivity index (χ0n) is 8.69. The molecule has 0 aliphatic carbocycles. The van der Waals surface area contributed by atoms with Gasteiger partial charge < -0.3 is 9.91 Å². The fourth-order valence-corrected chi connectivity index (χ4v) is 0.988. The van der Waals surface area contributed by atoms with Crippen molar-refractivity contribution in [2.75, 3.05) is 0 Å². The zero-order valence-corrected chi connectivity index (χ0v) is 8.69. The molecule has 1 amide bonds. The Labute approximate surface area is 84.1 Å². The summed E-state index contributed by atoms with van der Waals surface area (Å²) in [6, 6.07) is 0. The zero-order chi connectivity index (χ0) is 10.6. The Kier molecular flexibility index (Phi) is 3.68. The van der Waals surface area contributed by atoms with Gasteiger partial charge in [-0.1, -0.05) is 19.1 Å². The Morgan fingerprint density at radius 2 is 2.43 bits per heavy atom. The molecule has 1 aromatic rings. The summed E-state index contributed by atoms with van der Waals surface area (Å²) in [4.78, 5) is 10.6. The number of rotatable bonds is 4. The van der Waals surface area contributed by atoms with Crippen molar-refractivity contribution in [3.05, 3.63) is 11.9 Å². The van der Waals surface area contributed by atoms with Crippen molar-refractivity contribution in [2.45, 2.75) is 33.1 Å². The second-order valence-electron chi connectivity index (χ2n) is 3.49. The van der Waals surface area contributed by atoms with Crippen molar-refractivity contribution in [2.24, 2.45) is 0 Å². The average molecular weight is 193 g/mol. The lowest BCUT2D eigenvalue weighted by Gasteiger charge is -1.99. The maximum absolute atomic E-state index is 10.6. The normalized spacial score (nSPS) is 10.3. The van der Waals surface area contributed by atoms with E-state index in [9.17, 15) is 4.79 Å². The number of nitrogens with zero attached hydrogens (tertiary/aromatic N) is 3. The van der Waals surface area contributed by atoms with Crippen LogP contribution in [-0.4, -0.2) is 28.2 Å². The molecule has 6 heteroatoms. The monoisotopic (exact) mass is 193 g/mol. The van der Waals surface area contributed by atoms with Gasteiger partial charge in [0.05, 0.1) is 6.54 Å². The van der Waals surface area contributed by atoms with Crippen LogP contribution in [0, 0.1) is 0 Å². The standard InChI is InChI=1S/C8H14BN4O/c1-6(2)9-13-5-8(11-12-13)4-10-7(3)14/h5-6H,4H2,1-3H3,(H,10,14). The number of carbonyl (C=O) groups is 1. The minimum Gasteiger partial charge on any atom is -0.351 e. The first-order chi connectivity index (χ1) is 6.58. The molecule has 0 unspecified atom stereocenters. The molecule has 0 aliphatic heterocycles. The highest BCUT2D eigenvalue weighted by Crippen LogP contribution is 1.99. The van der Waals surface area contributed by atoms with E-state index in [4.69, 9.17) is 0 Å². The van der Waals surface area contributed by atoms with E-state index in [0.29, 0.717) is 12.4 Å². The maximum Gasteiger partial charge on any atom is 0.284 e. The minimum atomic E-state index is -0.0626. The molecule has 0 saturated heterocycles. The topological polar surface area (TPSA) is 59.8 Å². The third-order valence-electron chi connectivity index (χ3n) is 1.53. The van der Waals surface area contributed by atoms with Crippen molar-refractivity contribution < 1.29 is 4.79 Å². The molecule has 0 aromatic carbocycles. The summed E-state index contributed by atoms with van der Waals surface area (Å²) in [6.07, 6.45) is 1.80. The summed E-state index contributed by atoms with van der Waals surface area (Å²) in [6.45, 7) is 6.04. The molecule has 1 radical (unpaired) electrons. The minimum absolute atomic E-state index is 0.0626. The van der Waals surface area contributed by atoms with E-state index in [0.717, 1.165) is 5.69 Å². The lowest BCUT2D eigenvalue weighted by atomic mass is 9.79. The lowest BCUT2D eigenvalue weighted by Crippen LogP contribution is -2.19. The molecule has 0 spiro atoms. The van der Waals surface area contributed by atoms with E-state index in [1.807, 2.05) is 7.41 Å². The quantitative estimate of drug-likeness (QED) is 0.695. The summed E-state index contributed by atoms with van der Waals surface area (Å²) in [5, 5.41) is 10.5. The van der Waals surface area contributed by atoms with Gasteiger partial charge in [0.1, 0.15) is 5.69 Å². The highest BCUT2D eigenvalue weighted by atomic mass is 16.1. The maximum atomic E-state index is 10.6. The summed E-state index contributed by atoms with van der Waals surface area (Å²) >= 11 is 0. The summed E-state index contributed by atoms with van der Waals surface area (Å²) in [7, 11) is 1.95. The Bertz CT molecular complexity index is 310. The molecule has 75 valence electrons. The van der Waals surface area contributed by atoms with Crippen molar-refractivity contribution in [3.63, 3.8) is 0 Å². The molecule has 0 saturated carbocycles. The van der Waals surface area contributed by atoms with Gasteiger partial charge in [-0.05, 0) is 5.82 Å². The Morgan fingerprint density at radius 1 is 1.71 bits per heavy atom. The number of amides is 1. The first-order valence-corrected chi connectivity index (χ1v) is 4.58. The smallest absolute Gasteiger partial charge is 0.284 e. The van der Waals surface area contributed by atoms with Crippen LogP contribution in [-0.2, 0) is 11.3 Å². The number of carbonyl (C=O) groups excluding carboxylic acids is 1. The number of hydrogen-bond acceptors (Lipinski definition) is 3. The molecule has 1 rings (SSSR count). The Hall–Kier alpha value is -1.33. The third-order valence-corrected chi connectivity index (χ3v) is 1.53. The van der Waals surface area contributed by atoms with Gasteiger partial charge in [-0.2, -0.15) is 0 Å². The fourth-order valence-electron chi connectivity index (χ4n) is 0.988. The third kappa shape index (κ3) is 3.59. The molecular formula is C8H14BN4O. The summed E-state index contributed by atoms with van der Waals surface area (Å²) in [5.74, 6) is 0.359. The van der Waals surface area contributed by atoms with Gasteiger partial charge >= 0.3 is 0 Å². The molecule has 5 nitrogen and oxygen atoms in total. The van der Waals surface area contributed by atoms with Gasteiger partial charge in [0.15, 0.2) is 0 Å². The van der Waals surface area contributed by atoms with Crippen LogP contribution >= 0.6 is 0 Å². The summed E-state index contributed by atoms with van der Waals surface area (Å²) < 4.78 is 1.67. The van der Waals surface area contributed by atoms with Gasteiger partial charge in [-0.3, -0.25) is 4.79 Å². The Morgan fingerprint density at radius 3 is 3.00 bits per heavy atom. The molecule has 14 heavy (non-hydrogen) atoms. The molecule has 0 atom stereocenters. The van der Waals surface area contributed by atoms with E-state index in [2.05, 4.69) is 29.5 Å². The van der Waals surface area contributed by atoms with Gasteiger partial charge in [0, 0.05) is 13.1 Å². The number of hydrogen-bond donors (Lipinski definition) is 1. The lowest BCUT2D eigenvalue weighted by molar-refractivity contribution is -0.119. The highest BCUT2D eigenvalue weighted by molar-refractivity contribution is 6.34. The van der Waals surface area contributed by atoms with E-state index >= 15 is 0 Å². The second-order valence-corrected chi connectivity index (χ2v) is 3.49. The van der Waals surface area contributed by atoms with Crippen LogP contribution in [0.2, 0.25) is 5.82 Å². The molecule has 1 N–H and O–H groups in total. The SMILES string of the molecule is CC(=O)NCc1cn([B]C(C)C)nn1. The van der Waals surface area contributed by atoms with Gasteiger partial charge in [-0.15, -0.1) is 5.10 Å². The first-order valence-electron chi connectivity index (χ1n) is 4.58. The molecule has 0 fully saturated rings. The van der Waals surface area contributed by atoms with Crippen LogP contribution in [0.1, 0.15) is 26.5 Å². The predicted octanol–water partition coefficient (Wildman–Crippen LogP) is 0.210. The van der Waals surface area contributed by atoms with E-state index in [1.165, 1.54) is 6.92 Å². The highest BCUT2D eigenvalue weighted by Gasteiger charge is 2.04. The van der Waals surface area contributed by atoms with Crippen molar-refractivity contribution in [3.8, 4) is 0 Å². The van der Waals surface area contributed by atoms with Gasteiger partial charge in [0.2, 0.25) is 5.91 Å². The second kappa shape index (κ2) is 4.78. The van der Waals surface area contributed by atoms with Gasteiger partial charge in [-0.25, -0.2) is 0 Å². The van der Waals surface area contributed by atoms with Crippen LogP contribution in [0.4, 0.5) is 0 Å². The van der Waals surface area contributed by atoms with Crippen molar-refractivity contribution in [1.29, 1.82) is 0 Å². The van der Waals surface area contributed by atoms with E-state index < -0.39 is 0 Å². The molecule has 0 aliphatic rings.